The van der Waals surface area contributed by atoms with E-state index in [1.54, 1.807) is 37.3 Å². The van der Waals surface area contributed by atoms with E-state index >= 15 is 0 Å². The number of rotatable bonds is 5. The van der Waals surface area contributed by atoms with Crippen molar-refractivity contribution in [3.05, 3.63) is 54.3 Å². The number of anilines is 2. The predicted octanol–water partition coefficient (Wildman–Crippen LogP) is 3.13. The molecule has 0 unspecified atom stereocenters. The fourth-order valence-corrected chi connectivity index (χ4v) is 2.81. The summed E-state index contributed by atoms with van der Waals surface area (Å²) in [4.78, 5) is 8.61. The van der Waals surface area contributed by atoms with Crippen molar-refractivity contribution >= 4 is 28.8 Å². The van der Waals surface area contributed by atoms with Crippen LogP contribution in [0.4, 0.5) is 11.6 Å². The monoisotopic (exact) mass is 369 g/mol. The van der Waals surface area contributed by atoms with Crippen LogP contribution in [0.2, 0.25) is 5.28 Å². The average Bonchev–Trinajstić information content (AvgIpc) is 3.30. The molecule has 1 aromatic carbocycles. The zero-order valence-corrected chi connectivity index (χ0v) is 14.7. The lowest BCUT2D eigenvalue weighted by atomic mass is 10.2. The molecule has 1 N–H and O–H groups in total. The third-order valence-electron chi connectivity index (χ3n) is 3.78. The first-order valence-electron chi connectivity index (χ1n) is 7.64. The molecule has 0 amide bonds. The van der Waals surface area contributed by atoms with E-state index in [1.807, 2.05) is 29.0 Å². The van der Waals surface area contributed by atoms with E-state index in [-0.39, 0.29) is 5.28 Å². The number of benzene rings is 1. The first-order valence-corrected chi connectivity index (χ1v) is 8.02. The van der Waals surface area contributed by atoms with E-state index in [1.165, 1.54) is 0 Å². The van der Waals surface area contributed by atoms with Crippen molar-refractivity contribution in [3.8, 4) is 17.2 Å². The second kappa shape index (κ2) is 6.57. The Hall–Kier alpha value is -3.26. The van der Waals surface area contributed by atoms with Gasteiger partial charge in [-0.1, -0.05) is 0 Å². The molecule has 0 saturated carbocycles. The Morgan fingerprint density at radius 2 is 2.12 bits per heavy atom. The van der Waals surface area contributed by atoms with Crippen LogP contribution >= 0.6 is 11.6 Å². The molecule has 0 aliphatic rings. The zero-order valence-electron chi connectivity index (χ0n) is 14.0. The second-order valence-electron chi connectivity index (χ2n) is 5.29. The standard InChI is InChI=1S/C17H14ClN6O2/c1-25-13-7-3-5-11(15(13)26-2)23-9-14(19-10-23)20-16-12-6-4-8-24(12)22-17(18)21-16/h3-6,8-10H,1-2H3,(H,20,21,22). The fourth-order valence-electron chi connectivity index (χ4n) is 2.65. The lowest BCUT2D eigenvalue weighted by Crippen LogP contribution is -2.01. The van der Waals surface area contributed by atoms with Gasteiger partial charge < -0.3 is 19.4 Å². The topological polar surface area (TPSA) is 78.5 Å². The minimum absolute atomic E-state index is 0.139. The van der Waals surface area contributed by atoms with E-state index in [4.69, 9.17) is 21.1 Å². The first-order chi connectivity index (χ1) is 12.7. The van der Waals surface area contributed by atoms with Crippen molar-refractivity contribution in [3.63, 3.8) is 0 Å². The third-order valence-corrected chi connectivity index (χ3v) is 3.94. The van der Waals surface area contributed by atoms with Gasteiger partial charge in [0.1, 0.15) is 17.7 Å². The van der Waals surface area contributed by atoms with Crippen molar-refractivity contribution in [2.75, 3.05) is 19.5 Å². The van der Waals surface area contributed by atoms with Crippen molar-refractivity contribution < 1.29 is 9.47 Å². The summed E-state index contributed by atoms with van der Waals surface area (Å²) in [5.74, 6) is 2.24. The third kappa shape index (κ3) is 2.80. The van der Waals surface area contributed by atoms with Gasteiger partial charge in [-0.15, -0.1) is 5.10 Å². The summed E-state index contributed by atoms with van der Waals surface area (Å²) in [6, 6.07) is 10.4. The van der Waals surface area contributed by atoms with Crippen LogP contribution in [0.1, 0.15) is 0 Å². The highest BCUT2D eigenvalue weighted by molar-refractivity contribution is 6.28. The van der Waals surface area contributed by atoms with Crippen LogP contribution in [0.15, 0.2) is 43.0 Å². The second-order valence-corrected chi connectivity index (χ2v) is 5.63. The Labute approximate surface area is 154 Å². The number of imidazole rings is 1. The number of halogens is 1. The number of nitrogens with one attached hydrogen (secondary N) is 1. The maximum Gasteiger partial charge on any atom is 0.243 e. The van der Waals surface area contributed by atoms with Crippen molar-refractivity contribution in [2.45, 2.75) is 0 Å². The Morgan fingerprint density at radius 1 is 1.23 bits per heavy atom. The molecular formula is C17H14ClN6O2. The quantitative estimate of drug-likeness (QED) is 0.582. The molecule has 0 bridgehead atoms. The molecule has 0 aliphatic carbocycles. The number of methoxy groups -OCH3 is 2. The Balaban J connectivity index is 1.70. The van der Waals surface area contributed by atoms with Crippen LogP contribution in [0, 0.1) is 6.07 Å². The molecule has 1 radical (unpaired) electrons. The summed E-state index contributed by atoms with van der Waals surface area (Å²) in [7, 11) is 3.15. The van der Waals surface area contributed by atoms with Gasteiger partial charge in [-0.05, 0) is 35.9 Å². The van der Waals surface area contributed by atoms with E-state index < -0.39 is 0 Å². The SMILES string of the molecule is COc1[c]ccc(-n2cnc(Nc3nc(Cl)nn4cccc34)c2)c1OC. The molecule has 0 fully saturated rings. The van der Waals surface area contributed by atoms with E-state index in [0.29, 0.717) is 23.1 Å². The summed E-state index contributed by atoms with van der Waals surface area (Å²) < 4.78 is 14.2. The maximum atomic E-state index is 5.98. The van der Waals surface area contributed by atoms with Gasteiger partial charge in [-0.3, -0.25) is 0 Å². The highest BCUT2D eigenvalue weighted by Crippen LogP contribution is 2.33. The highest BCUT2D eigenvalue weighted by Gasteiger charge is 2.13. The van der Waals surface area contributed by atoms with Gasteiger partial charge in [0, 0.05) is 12.3 Å². The van der Waals surface area contributed by atoms with E-state index in [9.17, 15) is 0 Å². The average molecular weight is 370 g/mol. The van der Waals surface area contributed by atoms with Gasteiger partial charge in [0.2, 0.25) is 5.28 Å². The number of aromatic nitrogens is 5. The molecule has 0 aliphatic heterocycles. The number of fused-ring (bicyclic) bond motifs is 1. The van der Waals surface area contributed by atoms with Crippen LogP contribution < -0.4 is 14.8 Å². The van der Waals surface area contributed by atoms with Gasteiger partial charge in [-0.2, -0.15) is 4.98 Å². The molecule has 0 spiro atoms. The number of nitrogens with zero attached hydrogens (tertiary/aromatic N) is 5. The minimum atomic E-state index is 0.139. The van der Waals surface area contributed by atoms with Gasteiger partial charge in [0.25, 0.3) is 0 Å². The van der Waals surface area contributed by atoms with E-state index in [0.717, 1.165) is 11.2 Å². The Morgan fingerprint density at radius 3 is 2.92 bits per heavy atom. The molecular weight excluding hydrogens is 356 g/mol. The molecule has 0 saturated heterocycles. The molecule has 26 heavy (non-hydrogen) atoms. The highest BCUT2D eigenvalue weighted by atomic mass is 35.5. The molecule has 8 nitrogen and oxygen atoms in total. The molecule has 4 rings (SSSR count). The Bertz CT molecular complexity index is 1070. The van der Waals surface area contributed by atoms with E-state index in [2.05, 4.69) is 26.4 Å². The van der Waals surface area contributed by atoms with Gasteiger partial charge in [0.05, 0.1) is 26.1 Å². The fraction of sp³-hybridized carbons (Fsp3) is 0.118. The zero-order chi connectivity index (χ0) is 18.1. The van der Waals surface area contributed by atoms with Crippen molar-refractivity contribution in [2.24, 2.45) is 0 Å². The Kier molecular flexibility index (Phi) is 4.10. The normalized spacial score (nSPS) is 10.9. The number of hydrogen-bond acceptors (Lipinski definition) is 6. The summed E-state index contributed by atoms with van der Waals surface area (Å²) in [5, 5.41) is 7.41. The van der Waals surface area contributed by atoms with Crippen LogP contribution in [0.3, 0.4) is 0 Å². The van der Waals surface area contributed by atoms with Crippen LogP contribution in [-0.2, 0) is 0 Å². The summed E-state index contributed by atoms with van der Waals surface area (Å²) in [6.45, 7) is 0. The number of hydrogen-bond donors (Lipinski definition) is 1. The first kappa shape index (κ1) is 16.2. The van der Waals surface area contributed by atoms with Crippen molar-refractivity contribution in [1.82, 2.24) is 24.1 Å². The van der Waals surface area contributed by atoms with Crippen LogP contribution in [-0.4, -0.2) is 38.4 Å². The van der Waals surface area contributed by atoms with Crippen molar-refractivity contribution in [1.29, 1.82) is 0 Å². The smallest absolute Gasteiger partial charge is 0.243 e. The molecule has 3 aromatic heterocycles. The number of ether oxygens (including phenoxy) is 2. The van der Waals surface area contributed by atoms with Gasteiger partial charge in [-0.25, -0.2) is 9.50 Å². The van der Waals surface area contributed by atoms with Crippen LogP contribution in [0.5, 0.6) is 11.5 Å². The van der Waals surface area contributed by atoms with Gasteiger partial charge >= 0.3 is 0 Å². The molecule has 131 valence electrons. The predicted molar refractivity (Wildman–Crippen MR) is 96.8 cm³/mol. The van der Waals surface area contributed by atoms with Crippen LogP contribution in [0.25, 0.3) is 11.2 Å². The summed E-state index contributed by atoms with van der Waals surface area (Å²) in [6.07, 6.45) is 5.27. The molecule has 0 atom stereocenters. The summed E-state index contributed by atoms with van der Waals surface area (Å²) >= 11 is 5.98. The minimum Gasteiger partial charge on any atom is -0.492 e. The molecule has 3 heterocycles. The van der Waals surface area contributed by atoms with Gasteiger partial charge in [0.15, 0.2) is 17.3 Å². The largest absolute Gasteiger partial charge is 0.492 e. The summed E-state index contributed by atoms with van der Waals surface area (Å²) in [5.41, 5.74) is 1.56. The lowest BCUT2D eigenvalue weighted by Gasteiger charge is -2.12. The lowest BCUT2D eigenvalue weighted by molar-refractivity contribution is 0.353. The molecule has 4 aromatic rings. The maximum absolute atomic E-state index is 5.98. The molecule has 9 heteroatoms.